The minimum atomic E-state index is -0.975. The van der Waals surface area contributed by atoms with E-state index in [9.17, 15) is 4.79 Å². The molecule has 140 valence electrons. The first kappa shape index (κ1) is 21.6. The maximum Gasteiger partial charge on any atom is 0.328 e. The molecule has 1 aromatic rings. The standard InChI is InChI=1S/C21H31ClO3/c1-2-3-4-5-6-7-8-9-10-11-16-25-20-14-12-18(17-19(20)22)13-15-21(23)24/h12-15,17H,2-11,16H2,1H3,(H,23,24). The third kappa shape index (κ3) is 10.9. The number of carboxylic acid groups (broad SMARTS) is 1. The van der Waals surface area contributed by atoms with Crippen LogP contribution in [0.25, 0.3) is 6.08 Å². The first-order chi connectivity index (χ1) is 12.1. The third-order valence-corrected chi connectivity index (χ3v) is 4.43. The number of benzene rings is 1. The van der Waals surface area contributed by atoms with Crippen LogP contribution in [-0.2, 0) is 4.79 Å². The molecule has 0 fully saturated rings. The second kappa shape index (κ2) is 13.8. The lowest BCUT2D eigenvalue weighted by atomic mass is 10.1. The van der Waals surface area contributed by atoms with Crippen molar-refractivity contribution >= 4 is 23.6 Å². The van der Waals surface area contributed by atoms with E-state index in [1.165, 1.54) is 63.9 Å². The van der Waals surface area contributed by atoms with Crippen molar-refractivity contribution in [2.75, 3.05) is 6.61 Å². The molecule has 0 saturated carbocycles. The van der Waals surface area contributed by atoms with Crippen molar-refractivity contribution in [3.8, 4) is 5.75 Å². The van der Waals surface area contributed by atoms with Crippen LogP contribution in [0.5, 0.6) is 5.75 Å². The smallest absolute Gasteiger partial charge is 0.328 e. The van der Waals surface area contributed by atoms with Gasteiger partial charge in [0.2, 0.25) is 0 Å². The minimum absolute atomic E-state index is 0.514. The van der Waals surface area contributed by atoms with Gasteiger partial charge < -0.3 is 9.84 Å². The van der Waals surface area contributed by atoms with Gasteiger partial charge in [0, 0.05) is 6.08 Å². The molecular formula is C21H31ClO3. The summed E-state index contributed by atoms with van der Waals surface area (Å²) < 4.78 is 5.72. The average molecular weight is 367 g/mol. The van der Waals surface area contributed by atoms with Gasteiger partial charge in [-0.25, -0.2) is 4.79 Å². The Morgan fingerprint density at radius 3 is 2.20 bits per heavy atom. The van der Waals surface area contributed by atoms with Crippen LogP contribution < -0.4 is 4.74 Å². The van der Waals surface area contributed by atoms with Crippen molar-refractivity contribution in [2.45, 2.75) is 71.1 Å². The highest BCUT2D eigenvalue weighted by Gasteiger charge is 2.02. The SMILES string of the molecule is CCCCCCCCCCCCOc1ccc(C=CC(=O)O)cc1Cl. The largest absolute Gasteiger partial charge is 0.492 e. The fourth-order valence-electron chi connectivity index (χ4n) is 2.68. The number of hydrogen-bond donors (Lipinski definition) is 1. The molecule has 0 atom stereocenters. The van der Waals surface area contributed by atoms with E-state index in [0.717, 1.165) is 18.1 Å². The van der Waals surface area contributed by atoms with Crippen molar-refractivity contribution in [2.24, 2.45) is 0 Å². The third-order valence-electron chi connectivity index (χ3n) is 4.13. The normalized spacial score (nSPS) is 11.1. The Morgan fingerprint density at radius 2 is 1.64 bits per heavy atom. The zero-order valence-electron chi connectivity index (χ0n) is 15.3. The summed E-state index contributed by atoms with van der Waals surface area (Å²) in [5.41, 5.74) is 0.749. The highest BCUT2D eigenvalue weighted by Crippen LogP contribution is 2.26. The van der Waals surface area contributed by atoms with Crippen LogP contribution in [0.1, 0.15) is 76.7 Å². The minimum Gasteiger partial charge on any atom is -0.492 e. The summed E-state index contributed by atoms with van der Waals surface area (Å²) in [6, 6.07) is 5.31. The topological polar surface area (TPSA) is 46.5 Å². The number of unbranched alkanes of at least 4 members (excludes halogenated alkanes) is 9. The number of carbonyl (C=O) groups is 1. The van der Waals surface area contributed by atoms with Crippen LogP contribution >= 0.6 is 11.6 Å². The van der Waals surface area contributed by atoms with Crippen LogP contribution in [0.2, 0.25) is 5.02 Å². The number of carboxylic acids is 1. The number of aliphatic carboxylic acids is 1. The number of halogens is 1. The summed E-state index contributed by atoms with van der Waals surface area (Å²) in [6.07, 6.45) is 15.6. The van der Waals surface area contributed by atoms with Crippen LogP contribution in [0.4, 0.5) is 0 Å². The molecule has 0 aliphatic rings. The number of hydrogen-bond acceptors (Lipinski definition) is 2. The molecule has 4 heteroatoms. The van der Waals surface area contributed by atoms with Crippen LogP contribution in [0, 0.1) is 0 Å². The predicted octanol–water partition coefficient (Wildman–Crippen LogP) is 6.74. The number of rotatable bonds is 14. The zero-order chi connectivity index (χ0) is 18.3. The van der Waals surface area contributed by atoms with Crippen LogP contribution in [-0.4, -0.2) is 17.7 Å². The molecule has 0 unspecified atom stereocenters. The molecule has 0 aliphatic heterocycles. The van der Waals surface area contributed by atoms with Crippen molar-refractivity contribution in [3.63, 3.8) is 0 Å². The second-order valence-corrected chi connectivity index (χ2v) is 6.80. The van der Waals surface area contributed by atoms with Crippen LogP contribution in [0.3, 0.4) is 0 Å². The first-order valence-electron chi connectivity index (χ1n) is 9.47. The lowest BCUT2D eigenvalue weighted by Gasteiger charge is -2.08. The molecule has 1 N–H and O–H groups in total. The van der Waals surface area contributed by atoms with E-state index in [1.807, 2.05) is 0 Å². The molecule has 0 aliphatic carbocycles. The van der Waals surface area contributed by atoms with E-state index in [-0.39, 0.29) is 0 Å². The first-order valence-corrected chi connectivity index (χ1v) is 9.84. The monoisotopic (exact) mass is 366 g/mol. The van der Waals surface area contributed by atoms with E-state index in [2.05, 4.69) is 6.92 Å². The van der Waals surface area contributed by atoms with Gasteiger partial charge >= 0.3 is 5.97 Å². The average Bonchev–Trinajstić information content (AvgIpc) is 2.59. The van der Waals surface area contributed by atoms with Gasteiger partial charge in [-0.1, -0.05) is 82.4 Å². The summed E-state index contributed by atoms with van der Waals surface area (Å²) in [7, 11) is 0. The second-order valence-electron chi connectivity index (χ2n) is 6.39. The summed E-state index contributed by atoms with van der Waals surface area (Å²) in [5.74, 6) is -0.317. The molecule has 0 amide bonds. The Hall–Kier alpha value is -1.48. The summed E-state index contributed by atoms with van der Waals surface area (Å²) >= 11 is 6.17. The summed E-state index contributed by atoms with van der Waals surface area (Å²) in [5, 5.41) is 9.14. The molecule has 0 spiro atoms. The Kier molecular flexibility index (Phi) is 11.9. The fraction of sp³-hybridized carbons (Fsp3) is 0.571. The predicted molar refractivity (Wildman–Crippen MR) is 105 cm³/mol. The Morgan fingerprint density at radius 1 is 1.04 bits per heavy atom. The lowest BCUT2D eigenvalue weighted by Crippen LogP contribution is -1.98. The summed E-state index contributed by atoms with van der Waals surface area (Å²) in [6.45, 7) is 2.92. The molecular weight excluding hydrogens is 336 g/mol. The summed E-state index contributed by atoms with van der Waals surface area (Å²) in [4.78, 5) is 10.5. The van der Waals surface area contributed by atoms with Gasteiger partial charge in [-0.15, -0.1) is 0 Å². The highest BCUT2D eigenvalue weighted by atomic mass is 35.5. The lowest BCUT2D eigenvalue weighted by molar-refractivity contribution is -0.131. The molecule has 0 aromatic heterocycles. The van der Waals surface area contributed by atoms with Crippen molar-refractivity contribution in [3.05, 3.63) is 34.9 Å². The maximum atomic E-state index is 10.5. The van der Waals surface area contributed by atoms with E-state index in [1.54, 1.807) is 18.2 Å². The molecule has 25 heavy (non-hydrogen) atoms. The van der Waals surface area contributed by atoms with Gasteiger partial charge in [0.25, 0.3) is 0 Å². The molecule has 0 saturated heterocycles. The Bertz CT molecular complexity index is 526. The van der Waals surface area contributed by atoms with E-state index >= 15 is 0 Å². The van der Waals surface area contributed by atoms with Crippen molar-refractivity contribution < 1.29 is 14.6 Å². The molecule has 3 nitrogen and oxygen atoms in total. The van der Waals surface area contributed by atoms with Gasteiger partial charge in [-0.2, -0.15) is 0 Å². The molecule has 0 bridgehead atoms. The number of ether oxygens (including phenoxy) is 1. The van der Waals surface area contributed by atoms with Crippen molar-refractivity contribution in [1.29, 1.82) is 0 Å². The van der Waals surface area contributed by atoms with E-state index in [0.29, 0.717) is 17.4 Å². The van der Waals surface area contributed by atoms with Gasteiger partial charge in [0.15, 0.2) is 0 Å². The van der Waals surface area contributed by atoms with Gasteiger partial charge in [0.1, 0.15) is 5.75 Å². The van der Waals surface area contributed by atoms with Gasteiger partial charge in [-0.3, -0.25) is 0 Å². The Balaban J connectivity index is 2.11. The Labute approximate surface area is 157 Å². The van der Waals surface area contributed by atoms with Crippen molar-refractivity contribution in [1.82, 2.24) is 0 Å². The van der Waals surface area contributed by atoms with E-state index < -0.39 is 5.97 Å². The zero-order valence-corrected chi connectivity index (χ0v) is 16.1. The molecule has 0 heterocycles. The molecule has 1 aromatic carbocycles. The molecule has 1 rings (SSSR count). The fourth-order valence-corrected chi connectivity index (χ4v) is 2.92. The van der Waals surface area contributed by atoms with E-state index in [4.69, 9.17) is 21.4 Å². The molecule has 0 radical (unpaired) electrons. The van der Waals surface area contributed by atoms with Gasteiger partial charge in [-0.05, 0) is 30.2 Å². The quantitative estimate of drug-likeness (QED) is 0.293. The van der Waals surface area contributed by atoms with Gasteiger partial charge in [0.05, 0.1) is 11.6 Å². The maximum absolute atomic E-state index is 10.5. The highest BCUT2D eigenvalue weighted by molar-refractivity contribution is 6.32. The van der Waals surface area contributed by atoms with Crippen LogP contribution in [0.15, 0.2) is 24.3 Å².